The molecule has 0 radical (unpaired) electrons. The van der Waals surface area contributed by atoms with E-state index in [1.54, 1.807) is 0 Å². The van der Waals surface area contributed by atoms with Crippen LogP contribution in [-0.2, 0) is 6.42 Å². The number of unbranched alkanes of at least 4 members (excludes halogenated alkanes) is 2. The molecule has 1 nitrogen and oxygen atoms in total. The minimum absolute atomic E-state index is 0.650. The van der Waals surface area contributed by atoms with E-state index in [0.717, 1.165) is 6.54 Å². The first-order valence-corrected chi connectivity index (χ1v) is 8.32. The first kappa shape index (κ1) is 16.0. The van der Waals surface area contributed by atoms with Crippen LogP contribution in [0.5, 0.6) is 0 Å². The summed E-state index contributed by atoms with van der Waals surface area (Å²) >= 11 is 2.36. The molecular formula is C16H26IN. The van der Waals surface area contributed by atoms with Gasteiger partial charge in [-0.15, -0.1) is 0 Å². The topological polar surface area (TPSA) is 12.0 Å². The van der Waals surface area contributed by atoms with E-state index in [2.05, 4.69) is 66.0 Å². The van der Waals surface area contributed by atoms with E-state index in [4.69, 9.17) is 0 Å². The summed E-state index contributed by atoms with van der Waals surface area (Å²) in [5.74, 6) is 0. The van der Waals surface area contributed by atoms with Crippen molar-refractivity contribution in [1.82, 2.24) is 5.32 Å². The van der Waals surface area contributed by atoms with Crippen LogP contribution in [0, 0.1) is 3.57 Å². The van der Waals surface area contributed by atoms with Crippen LogP contribution in [0.3, 0.4) is 0 Å². The predicted octanol–water partition coefficient (Wildman–Crippen LogP) is 4.78. The lowest BCUT2D eigenvalue weighted by Crippen LogP contribution is -2.31. The monoisotopic (exact) mass is 359 g/mol. The van der Waals surface area contributed by atoms with E-state index in [-0.39, 0.29) is 0 Å². The Morgan fingerprint density at radius 3 is 2.39 bits per heavy atom. The Labute approximate surface area is 126 Å². The Kier molecular flexibility index (Phi) is 8.68. The lowest BCUT2D eigenvalue weighted by molar-refractivity contribution is 0.456. The van der Waals surface area contributed by atoms with E-state index in [1.165, 1.54) is 47.7 Å². The number of hydrogen-bond acceptors (Lipinski definition) is 1. The maximum Gasteiger partial charge on any atom is 0.0130 e. The molecule has 0 heterocycles. The highest BCUT2D eigenvalue weighted by Gasteiger charge is 2.08. The molecule has 102 valence electrons. The fourth-order valence-electron chi connectivity index (χ4n) is 2.17. The van der Waals surface area contributed by atoms with Gasteiger partial charge in [0.25, 0.3) is 0 Å². The van der Waals surface area contributed by atoms with Crippen molar-refractivity contribution in [2.45, 2.75) is 58.4 Å². The van der Waals surface area contributed by atoms with Gasteiger partial charge in [-0.25, -0.2) is 0 Å². The zero-order valence-electron chi connectivity index (χ0n) is 11.7. The smallest absolute Gasteiger partial charge is 0.0130 e. The molecule has 1 rings (SSSR count). The number of hydrogen-bond donors (Lipinski definition) is 1. The van der Waals surface area contributed by atoms with Crippen LogP contribution in [0.25, 0.3) is 0 Å². The van der Waals surface area contributed by atoms with Crippen molar-refractivity contribution >= 4 is 22.6 Å². The molecule has 0 fully saturated rings. The average Bonchev–Trinajstić information content (AvgIpc) is 2.38. The molecule has 0 aliphatic heterocycles. The fraction of sp³-hybridized carbons (Fsp3) is 0.625. The summed E-state index contributed by atoms with van der Waals surface area (Å²) < 4.78 is 1.32. The van der Waals surface area contributed by atoms with Crippen molar-refractivity contribution in [1.29, 1.82) is 0 Å². The van der Waals surface area contributed by atoms with Crippen molar-refractivity contribution in [2.75, 3.05) is 6.54 Å². The van der Waals surface area contributed by atoms with Crippen molar-refractivity contribution in [3.05, 3.63) is 33.4 Å². The Morgan fingerprint density at radius 1 is 1.06 bits per heavy atom. The van der Waals surface area contributed by atoms with E-state index in [1.807, 2.05) is 0 Å². The third-order valence-corrected chi connectivity index (χ3v) is 3.95. The second-order valence-electron chi connectivity index (χ2n) is 4.98. The number of benzene rings is 1. The quantitative estimate of drug-likeness (QED) is 0.494. The average molecular weight is 359 g/mol. The van der Waals surface area contributed by atoms with Crippen LogP contribution < -0.4 is 5.32 Å². The molecule has 1 unspecified atom stereocenters. The van der Waals surface area contributed by atoms with Crippen molar-refractivity contribution in [3.8, 4) is 0 Å². The molecule has 0 saturated carbocycles. The summed E-state index contributed by atoms with van der Waals surface area (Å²) in [5, 5.41) is 3.69. The first-order chi connectivity index (χ1) is 8.76. The molecule has 1 atom stereocenters. The largest absolute Gasteiger partial charge is 0.314 e. The molecule has 2 heteroatoms. The lowest BCUT2D eigenvalue weighted by Gasteiger charge is -2.18. The van der Waals surface area contributed by atoms with E-state index >= 15 is 0 Å². The van der Waals surface area contributed by atoms with Gasteiger partial charge in [0.1, 0.15) is 0 Å². The third kappa shape index (κ3) is 6.74. The SMILES string of the molecule is CCCCCC(Cc1ccc(I)cc1)NCCC. The van der Waals surface area contributed by atoms with Crippen LogP contribution >= 0.6 is 22.6 Å². The number of halogens is 1. The molecular weight excluding hydrogens is 333 g/mol. The van der Waals surface area contributed by atoms with Crippen LogP contribution in [-0.4, -0.2) is 12.6 Å². The summed E-state index contributed by atoms with van der Waals surface area (Å²) in [5.41, 5.74) is 1.46. The van der Waals surface area contributed by atoms with Gasteiger partial charge in [0, 0.05) is 9.61 Å². The molecule has 0 amide bonds. The summed E-state index contributed by atoms with van der Waals surface area (Å²) in [6.45, 7) is 5.65. The molecule has 1 aromatic rings. The summed E-state index contributed by atoms with van der Waals surface area (Å²) in [6, 6.07) is 9.60. The second-order valence-corrected chi connectivity index (χ2v) is 6.22. The Morgan fingerprint density at radius 2 is 1.78 bits per heavy atom. The normalized spacial score (nSPS) is 12.6. The van der Waals surface area contributed by atoms with Crippen LogP contribution in [0.2, 0.25) is 0 Å². The molecule has 18 heavy (non-hydrogen) atoms. The highest BCUT2D eigenvalue weighted by atomic mass is 127. The maximum absolute atomic E-state index is 3.69. The zero-order chi connectivity index (χ0) is 13.2. The first-order valence-electron chi connectivity index (χ1n) is 7.24. The van der Waals surface area contributed by atoms with Crippen LogP contribution in [0.1, 0.15) is 51.5 Å². The van der Waals surface area contributed by atoms with Crippen LogP contribution in [0.4, 0.5) is 0 Å². The lowest BCUT2D eigenvalue weighted by atomic mass is 10.0. The number of nitrogens with one attached hydrogen (secondary N) is 1. The Hall–Kier alpha value is -0.0900. The van der Waals surface area contributed by atoms with E-state index < -0.39 is 0 Å². The molecule has 0 bridgehead atoms. The fourth-order valence-corrected chi connectivity index (χ4v) is 2.53. The van der Waals surface area contributed by atoms with Crippen LogP contribution in [0.15, 0.2) is 24.3 Å². The van der Waals surface area contributed by atoms with Gasteiger partial charge in [-0.05, 0) is 66.1 Å². The molecule has 0 aliphatic rings. The summed E-state index contributed by atoms with van der Waals surface area (Å²) in [7, 11) is 0. The third-order valence-electron chi connectivity index (χ3n) is 3.23. The minimum Gasteiger partial charge on any atom is -0.314 e. The molecule has 1 N–H and O–H groups in total. The van der Waals surface area contributed by atoms with Gasteiger partial charge in [-0.2, -0.15) is 0 Å². The van der Waals surface area contributed by atoms with Gasteiger partial charge in [-0.3, -0.25) is 0 Å². The minimum atomic E-state index is 0.650. The standard InChI is InChI=1S/C16H26IN/c1-3-5-6-7-16(18-12-4-2)13-14-8-10-15(17)11-9-14/h8-11,16,18H,3-7,12-13H2,1-2H3. The second kappa shape index (κ2) is 9.79. The predicted molar refractivity (Wildman–Crippen MR) is 89.1 cm³/mol. The van der Waals surface area contributed by atoms with Crippen molar-refractivity contribution in [2.24, 2.45) is 0 Å². The van der Waals surface area contributed by atoms with E-state index in [9.17, 15) is 0 Å². The maximum atomic E-state index is 3.69. The van der Waals surface area contributed by atoms with Gasteiger partial charge in [0.15, 0.2) is 0 Å². The van der Waals surface area contributed by atoms with Crippen molar-refractivity contribution in [3.63, 3.8) is 0 Å². The van der Waals surface area contributed by atoms with Crippen molar-refractivity contribution < 1.29 is 0 Å². The van der Waals surface area contributed by atoms with Gasteiger partial charge in [-0.1, -0.05) is 45.2 Å². The van der Waals surface area contributed by atoms with Gasteiger partial charge in [0.05, 0.1) is 0 Å². The molecule has 0 aromatic heterocycles. The molecule has 0 saturated heterocycles. The Balaban J connectivity index is 2.45. The zero-order valence-corrected chi connectivity index (χ0v) is 13.9. The molecule has 0 aliphatic carbocycles. The molecule has 0 spiro atoms. The van der Waals surface area contributed by atoms with E-state index in [0.29, 0.717) is 6.04 Å². The summed E-state index contributed by atoms with van der Waals surface area (Å²) in [4.78, 5) is 0. The van der Waals surface area contributed by atoms with Gasteiger partial charge in [0.2, 0.25) is 0 Å². The van der Waals surface area contributed by atoms with Gasteiger partial charge < -0.3 is 5.32 Å². The number of rotatable bonds is 9. The Bertz CT molecular complexity index is 307. The molecule has 1 aromatic carbocycles. The highest BCUT2D eigenvalue weighted by molar-refractivity contribution is 14.1. The van der Waals surface area contributed by atoms with Gasteiger partial charge >= 0.3 is 0 Å². The highest BCUT2D eigenvalue weighted by Crippen LogP contribution is 2.12. The summed E-state index contributed by atoms with van der Waals surface area (Å²) in [6.07, 6.45) is 7.71.